The van der Waals surface area contributed by atoms with Crippen LogP contribution >= 0.6 is 39.1 Å². The highest BCUT2D eigenvalue weighted by atomic mass is 79.9. The molecular formula is C9H4BrCl2NO. The van der Waals surface area contributed by atoms with Crippen LogP contribution < -0.4 is 4.73 Å². The predicted octanol–water partition coefficient (Wildman–Crippen LogP) is 3.54. The van der Waals surface area contributed by atoms with Gasteiger partial charge in [0, 0.05) is 10.5 Å². The van der Waals surface area contributed by atoms with Gasteiger partial charge in [0.2, 0.25) is 11.7 Å². The van der Waals surface area contributed by atoms with Crippen molar-refractivity contribution in [2.24, 2.45) is 0 Å². The second-order valence-electron chi connectivity index (χ2n) is 2.78. The Morgan fingerprint density at radius 3 is 2.71 bits per heavy atom. The normalized spacial score (nSPS) is 10.8. The molecule has 0 aliphatic carbocycles. The Morgan fingerprint density at radius 2 is 2.00 bits per heavy atom. The van der Waals surface area contributed by atoms with Crippen molar-refractivity contribution in [3.63, 3.8) is 0 Å². The summed E-state index contributed by atoms with van der Waals surface area (Å²) >= 11 is 15.0. The maximum Gasteiger partial charge on any atom is 0.226 e. The molecule has 0 aliphatic heterocycles. The van der Waals surface area contributed by atoms with E-state index in [0.717, 1.165) is 4.47 Å². The molecule has 0 atom stereocenters. The van der Waals surface area contributed by atoms with E-state index in [1.165, 1.54) is 6.20 Å². The van der Waals surface area contributed by atoms with Crippen molar-refractivity contribution in [3.05, 3.63) is 44.1 Å². The van der Waals surface area contributed by atoms with Crippen molar-refractivity contribution in [1.29, 1.82) is 0 Å². The number of rotatable bonds is 0. The largest absolute Gasteiger partial charge is 0.618 e. The van der Waals surface area contributed by atoms with Gasteiger partial charge in [0.05, 0.1) is 10.4 Å². The van der Waals surface area contributed by atoms with Gasteiger partial charge >= 0.3 is 0 Å². The minimum Gasteiger partial charge on any atom is -0.618 e. The zero-order valence-corrected chi connectivity index (χ0v) is 9.90. The molecule has 0 N–H and O–H groups in total. The number of fused-ring (bicyclic) bond motifs is 1. The van der Waals surface area contributed by atoms with E-state index in [9.17, 15) is 5.21 Å². The smallest absolute Gasteiger partial charge is 0.226 e. The average molecular weight is 293 g/mol. The zero-order valence-electron chi connectivity index (χ0n) is 6.80. The first kappa shape index (κ1) is 10.0. The quantitative estimate of drug-likeness (QED) is 0.539. The molecule has 0 spiro atoms. The number of benzene rings is 1. The number of halogens is 3. The summed E-state index contributed by atoms with van der Waals surface area (Å²) in [4.78, 5) is 0. The van der Waals surface area contributed by atoms with E-state index in [-0.39, 0.29) is 5.02 Å². The van der Waals surface area contributed by atoms with Gasteiger partial charge in [-0.2, -0.15) is 4.73 Å². The van der Waals surface area contributed by atoms with Crippen LogP contribution in [0.5, 0.6) is 0 Å². The van der Waals surface area contributed by atoms with Crippen molar-refractivity contribution in [1.82, 2.24) is 0 Å². The summed E-state index contributed by atoms with van der Waals surface area (Å²) in [6.07, 6.45) is 1.25. The molecule has 1 aromatic carbocycles. The van der Waals surface area contributed by atoms with Gasteiger partial charge in [-0.05, 0) is 12.1 Å². The second-order valence-corrected chi connectivity index (χ2v) is 4.48. The molecule has 1 heterocycles. The van der Waals surface area contributed by atoms with Crippen LogP contribution in [0.4, 0.5) is 0 Å². The third-order valence-electron chi connectivity index (χ3n) is 1.87. The van der Waals surface area contributed by atoms with Gasteiger partial charge in [0.1, 0.15) is 5.02 Å². The van der Waals surface area contributed by atoms with Gasteiger partial charge in [0.25, 0.3) is 0 Å². The van der Waals surface area contributed by atoms with Gasteiger partial charge in [-0.25, -0.2) is 0 Å². The first-order valence-electron chi connectivity index (χ1n) is 3.76. The number of hydrogen-bond acceptors (Lipinski definition) is 1. The minimum absolute atomic E-state index is 0.261. The molecule has 2 rings (SSSR count). The van der Waals surface area contributed by atoms with Crippen LogP contribution in [0.3, 0.4) is 0 Å². The highest BCUT2D eigenvalue weighted by Gasteiger charge is 2.12. The lowest BCUT2D eigenvalue weighted by Gasteiger charge is -2.04. The van der Waals surface area contributed by atoms with Crippen LogP contribution in [0.2, 0.25) is 10.0 Å². The maximum absolute atomic E-state index is 11.5. The monoisotopic (exact) mass is 291 g/mol. The van der Waals surface area contributed by atoms with Crippen LogP contribution in [-0.2, 0) is 0 Å². The lowest BCUT2D eigenvalue weighted by atomic mass is 10.2. The van der Waals surface area contributed by atoms with Crippen molar-refractivity contribution in [3.8, 4) is 0 Å². The summed E-state index contributed by atoms with van der Waals surface area (Å²) < 4.78 is 1.53. The van der Waals surface area contributed by atoms with E-state index >= 15 is 0 Å². The third kappa shape index (κ3) is 1.56. The van der Waals surface area contributed by atoms with Gasteiger partial charge in [-0.15, -0.1) is 0 Å². The second kappa shape index (κ2) is 3.57. The fraction of sp³-hybridized carbons (Fsp3) is 0. The molecule has 2 nitrogen and oxygen atoms in total. The highest BCUT2D eigenvalue weighted by Crippen LogP contribution is 2.29. The van der Waals surface area contributed by atoms with Gasteiger partial charge in [0.15, 0.2) is 0 Å². The number of aromatic nitrogens is 1. The molecule has 0 saturated carbocycles. The average Bonchev–Trinajstić information content (AvgIpc) is 2.14. The van der Waals surface area contributed by atoms with Crippen LogP contribution in [0, 0.1) is 5.21 Å². The van der Waals surface area contributed by atoms with E-state index in [4.69, 9.17) is 23.2 Å². The first-order valence-corrected chi connectivity index (χ1v) is 5.31. The molecule has 1 aromatic heterocycles. The molecule has 0 radical (unpaired) electrons. The van der Waals surface area contributed by atoms with E-state index in [1.807, 2.05) is 6.07 Å². The van der Waals surface area contributed by atoms with E-state index in [1.54, 1.807) is 12.1 Å². The number of pyridine rings is 1. The van der Waals surface area contributed by atoms with Crippen molar-refractivity contribution in [2.75, 3.05) is 0 Å². The first-order chi connectivity index (χ1) is 6.59. The maximum atomic E-state index is 11.5. The Labute approximate surface area is 98.8 Å². The third-order valence-corrected chi connectivity index (χ3v) is 3.16. The van der Waals surface area contributed by atoms with Gasteiger partial charge < -0.3 is 5.21 Å². The molecule has 0 aliphatic rings. The minimum atomic E-state index is 0.261. The van der Waals surface area contributed by atoms with Crippen molar-refractivity contribution < 1.29 is 4.73 Å². The molecule has 2 aromatic rings. The Bertz CT molecular complexity index is 516. The molecule has 72 valence electrons. The lowest BCUT2D eigenvalue weighted by Crippen LogP contribution is -2.26. The summed E-state index contributed by atoms with van der Waals surface area (Å²) in [5, 5.41) is 12.8. The summed E-state index contributed by atoms with van der Waals surface area (Å²) in [5.41, 5.74) is 0.494. The Morgan fingerprint density at radius 1 is 1.29 bits per heavy atom. The van der Waals surface area contributed by atoms with Crippen LogP contribution in [0.25, 0.3) is 10.9 Å². The topological polar surface area (TPSA) is 26.9 Å². The predicted molar refractivity (Wildman–Crippen MR) is 60.6 cm³/mol. The summed E-state index contributed by atoms with van der Waals surface area (Å²) in [5.74, 6) is 0. The van der Waals surface area contributed by atoms with Crippen LogP contribution in [0.1, 0.15) is 0 Å². The number of nitrogens with zero attached hydrogens (tertiary/aromatic N) is 1. The van der Waals surface area contributed by atoms with Crippen LogP contribution in [-0.4, -0.2) is 0 Å². The molecule has 0 saturated heterocycles. The molecule has 0 amide bonds. The van der Waals surface area contributed by atoms with Gasteiger partial charge in [-0.1, -0.05) is 39.1 Å². The molecule has 14 heavy (non-hydrogen) atoms. The fourth-order valence-electron chi connectivity index (χ4n) is 1.23. The summed E-state index contributed by atoms with van der Waals surface area (Å²) in [6, 6.07) is 5.26. The number of hydrogen-bond donors (Lipinski definition) is 0. The molecule has 5 heteroatoms. The molecular weight excluding hydrogens is 289 g/mol. The zero-order chi connectivity index (χ0) is 10.3. The van der Waals surface area contributed by atoms with Crippen LogP contribution in [0.15, 0.2) is 28.9 Å². The molecule has 0 bridgehead atoms. The van der Waals surface area contributed by atoms with Gasteiger partial charge in [-0.3, -0.25) is 0 Å². The van der Waals surface area contributed by atoms with Crippen molar-refractivity contribution >= 4 is 50.0 Å². The Kier molecular flexibility index (Phi) is 2.56. The SMILES string of the molecule is [O-][n+]1cc(Cl)c(Cl)c2ccc(Br)cc21. The van der Waals surface area contributed by atoms with E-state index < -0.39 is 0 Å². The van der Waals surface area contributed by atoms with E-state index in [2.05, 4.69) is 15.9 Å². The lowest BCUT2D eigenvalue weighted by molar-refractivity contribution is -0.576. The Hall–Kier alpha value is -0.510. The highest BCUT2D eigenvalue weighted by molar-refractivity contribution is 9.10. The Balaban J connectivity index is 2.94. The standard InChI is InChI=1S/C9H4BrCl2NO/c10-5-1-2-6-8(3-5)13(14)4-7(11)9(6)12/h1-4H. The molecule has 0 fully saturated rings. The fourth-order valence-corrected chi connectivity index (χ4v) is 1.98. The summed E-state index contributed by atoms with van der Waals surface area (Å²) in [6.45, 7) is 0. The summed E-state index contributed by atoms with van der Waals surface area (Å²) in [7, 11) is 0. The molecule has 0 unspecified atom stereocenters. The van der Waals surface area contributed by atoms with E-state index in [0.29, 0.717) is 20.7 Å². The van der Waals surface area contributed by atoms with Crippen molar-refractivity contribution in [2.45, 2.75) is 0 Å².